The Hall–Kier alpha value is -1.92. The van der Waals surface area contributed by atoms with Gasteiger partial charge >= 0.3 is 5.97 Å². The standard InChI is InChI=1S/C71H135NO5/c1-3-5-7-9-11-13-15-17-19-21-32-35-39-43-47-51-55-59-63-69(74)68(67-73)72-70(75)64-60-56-52-48-44-40-36-33-30-28-26-24-22-23-25-27-29-31-34-38-42-46-50-54-58-62-66-77-71(76)65-61-57-53-49-45-41-37-20-18-16-14-12-10-8-6-4-2/h20,22,24,37,59,63,68-69,73-74H,3-19,21,23,25-36,38-58,60-62,64-67H2,1-2H3,(H,72,75)/b24-22-,37-20-,63-59+. The van der Waals surface area contributed by atoms with Crippen LogP contribution in [0.5, 0.6) is 0 Å². The van der Waals surface area contributed by atoms with E-state index in [2.05, 4.69) is 43.5 Å². The lowest BCUT2D eigenvalue weighted by Gasteiger charge is -2.20. The lowest BCUT2D eigenvalue weighted by atomic mass is 10.0. The zero-order chi connectivity index (χ0) is 55.7. The Labute approximate surface area is 481 Å². The summed E-state index contributed by atoms with van der Waals surface area (Å²) in [6.45, 7) is 4.93. The van der Waals surface area contributed by atoms with Crippen LogP contribution >= 0.6 is 0 Å². The molecule has 0 aliphatic carbocycles. The van der Waals surface area contributed by atoms with E-state index in [0.29, 0.717) is 19.4 Å². The molecule has 0 rings (SSSR count). The highest BCUT2D eigenvalue weighted by Crippen LogP contribution is 2.18. The fourth-order valence-corrected chi connectivity index (χ4v) is 10.8. The van der Waals surface area contributed by atoms with Gasteiger partial charge in [0.25, 0.3) is 0 Å². The number of rotatable bonds is 65. The molecule has 6 heteroatoms. The predicted molar refractivity (Wildman–Crippen MR) is 338 cm³/mol. The summed E-state index contributed by atoms with van der Waals surface area (Å²) in [5.74, 6) is -0.0602. The fraction of sp³-hybridized carbons (Fsp3) is 0.887. The molecule has 0 aromatic heterocycles. The van der Waals surface area contributed by atoms with Crippen LogP contribution in [0.25, 0.3) is 0 Å². The Kier molecular flexibility index (Phi) is 64.9. The molecule has 0 aliphatic heterocycles. The number of nitrogens with one attached hydrogen (secondary N) is 1. The quantitative estimate of drug-likeness (QED) is 0.0320. The number of esters is 1. The first-order valence-electron chi connectivity index (χ1n) is 34.8. The van der Waals surface area contributed by atoms with E-state index in [9.17, 15) is 19.8 Å². The van der Waals surface area contributed by atoms with E-state index in [1.807, 2.05) is 6.08 Å². The highest BCUT2D eigenvalue weighted by atomic mass is 16.5. The zero-order valence-corrected chi connectivity index (χ0v) is 52.0. The Morgan fingerprint density at radius 1 is 0.351 bits per heavy atom. The Morgan fingerprint density at radius 2 is 0.610 bits per heavy atom. The number of aliphatic hydroxyl groups excluding tert-OH is 2. The van der Waals surface area contributed by atoms with E-state index in [1.54, 1.807) is 6.08 Å². The van der Waals surface area contributed by atoms with Crippen molar-refractivity contribution in [3.63, 3.8) is 0 Å². The van der Waals surface area contributed by atoms with E-state index in [-0.39, 0.29) is 18.5 Å². The number of amides is 1. The van der Waals surface area contributed by atoms with Gasteiger partial charge in [0.1, 0.15) is 0 Å². The third kappa shape index (κ3) is 63.1. The number of unbranched alkanes of at least 4 members (excludes halogenated alkanes) is 50. The molecule has 0 bridgehead atoms. The average Bonchev–Trinajstić information content (AvgIpc) is 3.43. The Morgan fingerprint density at radius 3 is 0.922 bits per heavy atom. The van der Waals surface area contributed by atoms with Crippen molar-refractivity contribution in [3.05, 3.63) is 36.5 Å². The van der Waals surface area contributed by atoms with Crippen LogP contribution in [-0.2, 0) is 14.3 Å². The van der Waals surface area contributed by atoms with Crippen LogP contribution in [0.2, 0.25) is 0 Å². The number of allylic oxidation sites excluding steroid dienone is 5. The molecule has 0 aromatic carbocycles. The van der Waals surface area contributed by atoms with E-state index < -0.39 is 12.1 Å². The van der Waals surface area contributed by atoms with Gasteiger partial charge in [0.2, 0.25) is 5.91 Å². The first-order chi connectivity index (χ1) is 38.0. The van der Waals surface area contributed by atoms with Gasteiger partial charge in [-0.3, -0.25) is 9.59 Å². The summed E-state index contributed by atoms with van der Waals surface area (Å²) in [5, 5.41) is 23.2. The van der Waals surface area contributed by atoms with E-state index in [1.165, 1.54) is 308 Å². The molecule has 77 heavy (non-hydrogen) atoms. The van der Waals surface area contributed by atoms with Gasteiger partial charge in [-0.05, 0) is 83.5 Å². The molecule has 2 atom stereocenters. The summed E-state index contributed by atoms with van der Waals surface area (Å²) in [5.41, 5.74) is 0. The maximum Gasteiger partial charge on any atom is 0.305 e. The summed E-state index contributed by atoms with van der Waals surface area (Å²) >= 11 is 0. The van der Waals surface area contributed by atoms with Gasteiger partial charge in [-0.2, -0.15) is 0 Å². The van der Waals surface area contributed by atoms with Crippen LogP contribution in [0.1, 0.15) is 380 Å². The molecule has 0 spiro atoms. The molecule has 0 aliphatic rings. The first kappa shape index (κ1) is 75.1. The van der Waals surface area contributed by atoms with Gasteiger partial charge < -0.3 is 20.3 Å². The van der Waals surface area contributed by atoms with Crippen LogP contribution in [0.15, 0.2) is 36.5 Å². The van der Waals surface area contributed by atoms with Gasteiger partial charge in [-0.25, -0.2) is 0 Å². The molecular weight excluding hydrogens is 947 g/mol. The number of carbonyl (C=O) groups excluding carboxylic acids is 2. The third-order valence-corrected chi connectivity index (χ3v) is 16.1. The van der Waals surface area contributed by atoms with Crippen LogP contribution in [0.3, 0.4) is 0 Å². The van der Waals surface area contributed by atoms with Crippen molar-refractivity contribution < 1.29 is 24.5 Å². The molecule has 3 N–H and O–H groups in total. The van der Waals surface area contributed by atoms with Crippen molar-refractivity contribution in [2.75, 3.05) is 13.2 Å². The van der Waals surface area contributed by atoms with Gasteiger partial charge in [0.15, 0.2) is 0 Å². The summed E-state index contributed by atoms with van der Waals surface area (Å²) in [6, 6.07) is -0.630. The summed E-state index contributed by atoms with van der Waals surface area (Å²) in [4.78, 5) is 24.6. The second-order valence-corrected chi connectivity index (χ2v) is 23.9. The molecule has 0 saturated carbocycles. The van der Waals surface area contributed by atoms with Gasteiger partial charge in [0.05, 0.1) is 25.4 Å². The smallest absolute Gasteiger partial charge is 0.305 e. The minimum absolute atomic E-state index is 0.00692. The normalized spacial score (nSPS) is 12.7. The van der Waals surface area contributed by atoms with E-state index in [4.69, 9.17) is 4.74 Å². The second kappa shape index (κ2) is 66.6. The van der Waals surface area contributed by atoms with Crippen LogP contribution in [0, 0.1) is 0 Å². The van der Waals surface area contributed by atoms with E-state index in [0.717, 1.165) is 44.9 Å². The molecule has 6 nitrogen and oxygen atoms in total. The average molecular weight is 1080 g/mol. The minimum atomic E-state index is -0.846. The van der Waals surface area contributed by atoms with Crippen LogP contribution < -0.4 is 5.32 Å². The molecule has 0 fully saturated rings. The van der Waals surface area contributed by atoms with Crippen molar-refractivity contribution in [1.29, 1.82) is 0 Å². The summed E-state index contributed by atoms with van der Waals surface area (Å²) in [7, 11) is 0. The highest BCUT2D eigenvalue weighted by molar-refractivity contribution is 5.76. The van der Waals surface area contributed by atoms with Gasteiger partial charge in [-0.15, -0.1) is 0 Å². The number of hydrogen-bond donors (Lipinski definition) is 3. The number of carbonyl (C=O) groups is 2. The largest absolute Gasteiger partial charge is 0.466 e. The molecule has 454 valence electrons. The monoisotopic (exact) mass is 1080 g/mol. The van der Waals surface area contributed by atoms with Crippen molar-refractivity contribution >= 4 is 11.9 Å². The zero-order valence-electron chi connectivity index (χ0n) is 52.0. The molecule has 0 heterocycles. The van der Waals surface area contributed by atoms with Gasteiger partial charge in [-0.1, -0.05) is 320 Å². The van der Waals surface area contributed by atoms with Crippen LogP contribution in [-0.4, -0.2) is 47.4 Å². The SMILES string of the molecule is CCCCCCCCC/C=C\CCCCCCCC(=O)OCCCCCCCCCCCCCC/C=C\CCCCCCCCCCCCC(=O)NC(CO)C(O)/C=C/CCCCCCCCCCCCCCCCCC. The van der Waals surface area contributed by atoms with Crippen molar-refractivity contribution in [2.45, 2.75) is 392 Å². The van der Waals surface area contributed by atoms with Crippen molar-refractivity contribution in [2.24, 2.45) is 0 Å². The topological polar surface area (TPSA) is 95.9 Å². The molecule has 1 amide bonds. The number of aliphatic hydroxyl groups is 2. The second-order valence-electron chi connectivity index (χ2n) is 23.9. The van der Waals surface area contributed by atoms with Crippen molar-refractivity contribution in [3.8, 4) is 0 Å². The molecular formula is C71H135NO5. The predicted octanol–water partition coefficient (Wildman–Crippen LogP) is 22.3. The molecule has 0 radical (unpaired) electrons. The lowest BCUT2D eigenvalue weighted by Crippen LogP contribution is -2.45. The highest BCUT2D eigenvalue weighted by Gasteiger charge is 2.18. The molecule has 0 saturated heterocycles. The van der Waals surface area contributed by atoms with Crippen LogP contribution in [0.4, 0.5) is 0 Å². The third-order valence-electron chi connectivity index (χ3n) is 16.1. The Bertz CT molecular complexity index is 1250. The maximum atomic E-state index is 12.5. The van der Waals surface area contributed by atoms with E-state index >= 15 is 0 Å². The fourth-order valence-electron chi connectivity index (χ4n) is 10.8. The minimum Gasteiger partial charge on any atom is -0.466 e. The Balaban J connectivity index is 3.41. The van der Waals surface area contributed by atoms with Crippen molar-refractivity contribution in [1.82, 2.24) is 5.32 Å². The summed E-state index contributed by atoms with van der Waals surface area (Å²) < 4.78 is 5.49. The summed E-state index contributed by atoms with van der Waals surface area (Å²) in [6.07, 6.45) is 85.0. The van der Waals surface area contributed by atoms with Gasteiger partial charge in [0, 0.05) is 12.8 Å². The molecule has 0 aromatic rings. The maximum absolute atomic E-state index is 12.5. The number of hydrogen-bond acceptors (Lipinski definition) is 5. The first-order valence-corrected chi connectivity index (χ1v) is 34.8. The number of ether oxygens (including phenoxy) is 1. The lowest BCUT2D eigenvalue weighted by molar-refractivity contribution is -0.143. The molecule has 2 unspecified atom stereocenters.